The molecule has 0 saturated carbocycles. The second kappa shape index (κ2) is 7.72. The molecule has 0 aliphatic carbocycles. The van der Waals surface area contributed by atoms with Crippen molar-refractivity contribution in [3.63, 3.8) is 0 Å². The smallest absolute Gasteiger partial charge is 0.148 e. The Hall–Kier alpha value is 0.220. The van der Waals surface area contributed by atoms with Gasteiger partial charge in [0.1, 0.15) is 9.84 Å². The molecule has 0 bridgehead atoms. The van der Waals surface area contributed by atoms with Crippen LogP contribution in [-0.4, -0.2) is 54.7 Å². The Labute approximate surface area is 116 Å². The first-order chi connectivity index (χ1) is 8.08. The minimum Gasteiger partial charge on any atom is -0.394 e. The van der Waals surface area contributed by atoms with Gasteiger partial charge in [-0.2, -0.15) is 11.8 Å². The fraction of sp³-hybridized carbons (Fsp3) is 1.00. The molecular formula is C12H27NO3S2. The van der Waals surface area contributed by atoms with Gasteiger partial charge in [0.2, 0.25) is 0 Å². The van der Waals surface area contributed by atoms with E-state index in [1.807, 2.05) is 6.92 Å². The lowest BCUT2D eigenvalue weighted by atomic mass is 9.96. The fourth-order valence-corrected chi connectivity index (χ4v) is 4.44. The first-order valence-corrected chi connectivity index (χ1v) is 9.37. The molecule has 2 atom stereocenters. The summed E-state index contributed by atoms with van der Waals surface area (Å²) in [6.45, 7) is 8.26. The first-order valence-electron chi connectivity index (χ1n) is 6.26. The molecule has 2 unspecified atom stereocenters. The minimum absolute atomic E-state index is 0.0855. The van der Waals surface area contributed by atoms with Crippen LogP contribution in [0.2, 0.25) is 0 Å². The van der Waals surface area contributed by atoms with Gasteiger partial charge in [0.05, 0.1) is 12.4 Å². The molecule has 0 spiro atoms. The van der Waals surface area contributed by atoms with E-state index in [-0.39, 0.29) is 17.9 Å². The Bertz CT molecular complexity index is 330. The van der Waals surface area contributed by atoms with Crippen molar-refractivity contribution in [2.75, 3.05) is 24.4 Å². The highest BCUT2D eigenvalue weighted by Crippen LogP contribution is 2.22. The predicted molar refractivity (Wildman–Crippen MR) is 80.0 cm³/mol. The average molecular weight is 297 g/mol. The molecule has 0 radical (unpaired) electrons. The van der Waals surface area contributed by atoms with Crippen LogP contribution in [0.5, 0.6) is 0 Å². The van der Waals surface area contributed by atoms with Gasteiger partial charge in [-0.05, 0) is 13.3 Å². The number of aliphatic hydroxyl groups is 1. The second-order valence-corrected chi connectivity index (χ2v) is 9.34. The zero-order valence-electron chi connectivity index (χ0n) is 12.1. The van der Waals surface area contributed by atoms with Crippen LogP contribution in [0, 0.1) is 0 Å². The number of thioether (sulfide) groups is 1. The molecule has 110 valence electrons. The van der Waals surface area contributed by atoms with E-state index in [4.69, 9.17) is 0 Å². The highest BCUT2D eigenvalue weighted by atomic mass is 32.2. The van der Waals surface area contributed by atoms with E-state index in [1.165, 1.54) is 6.26 Å². The SMILES string of the molecule is CC(C)NC(C)(CO)CC(C)SCCS(C)(=O)=O. The molecule has 0 amide bonds. The Morgan fingerprint density at radius 1 is 1.33 bits per heavy atom. The van der Waals surface area contributed by atoms with Gasteiger partial charge >= 0.3 is 0 Å². The quantitative estimate of drug-likeness (QED) is 0.671. The number of nitrogens with one attached hydrogen (secondary N) is 1. The molecule has 2 N–H and O–H groups in total. The van der Waals surface area contributed by atoms with Crippen LogP contribution >= 0.6 is 11.8 Å². The average Bonchev–Trinajstić information content (AvgIpc) is 2.13. The number of aliphatic hydroxyl groups excluding tert-OH is 1. The van der Waals surface area contributed by atoms with Crippen LogP contribution in [0.4, 0.5) is 0 Å². The summed E-state index contributed by atoms with van der Waals surface area (Å²) in [6.07, 6.45) is 2.08. The highest BCUT2D eigenvalue weighted by Gasteiger charge is 2.26. The maximum absolute atomic E-state index is 11.0. The van der Waals surface area contributed by atoms with Crippen molar-refractivity contribution in [3.05, 3.63) is 0 Å². The lowest BCUT2D eigenvalue weighted by Gasteiger charge is -2.33. The van der Waals surface area contributed by atoms with E-state index in [1.54, 1.807) is 11.8 Å². The summed E-state index contributed by atoms with van der Waals surface area (Å²) in [5, 5.41) is 13.1. The van der Waals surface area contributed by atoms with Gasteiger partial charge in [-0.25, -0.2) is 8.42 Å². The zero-order chi connectivity index (χ0) is 14.4. The van der Waals surface area contributed by atoms with Crippen molar-refractivity contribution in [2.24, 2.45) is 0 Å². The van der Waals surface area contributed by atoms with Crippen molar-refractivity contribution in [3.8, 4) is 0 Å². The molecule has 0 fully saturated rings. The Balaban J connectivity index is 4.15. The van der Waals surface area contributed by atoms with Gasteiger partial charge in [0.15, 0.2) is 0 Å². The lowest BCUT2D eigenvalue weighted by molar-refractivity contribution is 0.157. The third-order valence-corrected chi connectivity index (χ3v) is 4.96. The van der Waals surface area contributed by atoms with Crippen LogP contribution in [0.25, 0.3) is 0 Å². The highest BCUT2D eigenvalue weighted by molar-refractivity contribution is 8.01. The lowest BCUT2D eigenvalue weighted by Crippen LogP contribution is -2.50. The van der Waals surface area contributed by atoms with Crippen molar-refractivity contribution < 1.29 is 13.5 Å². The maximum Gasteiger partial charge on any atom is 0.148 e. The molecule has 0 aliphatic heterocycles. The van der Waals surface area contributed by atoms with E-state index in [2.05, 4.69) is 26.1 Å². The minimum atomic E-state index is -2.87. The van der Waals surface area contributed by atoms with Crippen LogP contribution < -0.4 is 5.32 Å². The zero-order valence-corrected chi connectivity index (χ0v) is 13.7. The summed E-state index contributed by atoms with van der Waals surface area (Å²) in [5.74, 6) is 0.832. The molecule has 0 aromatic heterocycles. The van der Waals surface area contributed by atoms with E-state index >= 15 is 0 Å². The normalized spacial score (nSPS) is 17.7. The molecule has 0 heterocycles. The van der Waals surface area contributed by atoms with Gasteiger partial charge in [0.25, 0.3) is 0 Å². The first kappa shape index (κ1) is 18.2. The van der Waals surface area contributed by atoms with Crippen molar-refractivity contribution >= 4 is 21.6 Å². The molecule has 0 aliphatic rings. The second-order valence-electron chi connectivity index (χ2n) is 5.53. The van der Waals surface area contributed by atoms with Crippen molar-refractivity contribution in [1.82, 2.24) is 5.32 Å². The molecule has 0 rings (SSSR count). The van der Waals surface area contributed by atoms with Crippen LogP contribution in [-0.2, 0) is 9.84 Å². The Morgan fingerprint density at radius 3 is 2.28 bits per heavy atom. The summed E-state index contributed by atoms with van der Waals surface area (Å²) in [4.78, 5) is 0. The van der Waals surface area contributed by atoms with Gasteiger partial charge in [-0.1, -0.05) is 20.8 Å². The number of hydrogen-bond donors (Lipinski definition) is 2. The third-order valence-electron chi connectivity index (χ3n) is 2.58. The molecular weight excluding hydrogens is 270 g/mol. The van der Waals surface area contributed by atoms with Gasteiger partial charge in [-0.3, -0.25) is 0 Å². The number of rotatable bonds is 9. The van der Waals surface area contributed by atoms with Crippen molar-refractivity contribution in [2.45, 2.75) is 50.9 Å². The number of sulfone groups is 1. The van der Waals surface area contributed by atoms with Gasteiger partial charge in [-0.15, -0.1) is 0 Å². The topological polar surface area (TPSA) is 66.4 Å². The summed E-state index contributed by atoms with van der Waals surface area (Å²) in [5.41, 5.74) is -0.300. The summed E-state index contributed by atoms with van der Waals surface area (Å²) < 4.78 is 22.1. The molecule has 4 nitrogen and oxygen atoms in total. The van der Waals surface area contributed by atoms with E-state index in [0.717, 1.165) is 6.42 Å². The maximum atomic E-state index is 11.0. The van der Waals surface area contributed by atoms with Gasteiger partial charge in [0, 0.05) is 28.8 Å². The molecule has 6 heteroatoms. The van der Waals surface area contributed by atoms with Crippen molar-refractivity contribution in [1.29, 1.82) is 0 Å². The number of hydrogen-bond acceptors (Lipinski definition) is 5. The fourth-order valence-electron chi connectivity index (χ4n) is 1.96. The molecule has 0 aromatic rings. The summed E-state index contributed by atoms with van der Waals surface area (Å²) >= 11 is 1.64. The van der Waals surface area contributed by atoms with Gasteiger partial charge < -0.3 is 10.4 Å². The van der Waals surface area contributed by atoms with E-state index in [9.17, 15) is 13.5 Å². The molecule has 0 aromatic carbocycles. The van der Waals surface area contributed by atoms with E-state index < -0.39 is 9.84 Å². The standard InChI is InChI=1S/C12H27NO3S2/c1-10(2)13-12(4,9-14)8-11(3)17-6-7-18(5,15)16/h10-11,13-14H,6-9H2,1-5H3. The molecule has 0 saturated heterocycles. The third kappa shape index (κ3) is 9.19. The van der Waals surface area contributed by atoms with Crippen LogP contribution in [0.3, 0.4) is 0 Å². The summed E-state index contributed by atoms with van der Waals surface area (Å²) in [7, 11) is -2.87. The van der Waals surface area contributed by atoms with E-state index in [0.29, 0.717) is 17.0 Å². The predicted octanol–water partition coefficient (Wildman–Crippen LogP) is 1.29. The summed E-state index contributed by atoms with van der Waals surface area (Å²) in [6, 6.07) is 0.315. The molecule has 18 heavy (non-hydrogen) atoms. The Kier molecular flexibility index (Phi) is 7.82. The van der Waals surface area contributed by atoms with Crippen LogP contribution in [0.15, 0.2) is 0 Å². The largest absolute Gasteiger partial charge is 0.394 e. The Morgan fingerprint density at radius 2 is 1.89 bits per heavy atom. The monoisotopic (exact) mass is 297 g/mol. The van der Waals surface area contributed by atoms with Crippen LogP contribution in [0.1, 0.15) is 34.1 Å².